The molecular weight excluding hydrogens is 258 g/mol. The maximum Gasteiger partial charge on any atom is 0.104 e. The zero-order valence-corrected chi connectivity index (χ0v) is 13.0. The van der Waals surface area contributed by atoms with E-state index in [1.807, 2.05) is 12.1 Å². The van der Waals surface area contributed by atoms with Crippen molar-refractivity contribution in [1.82, 2.24) is 5.48 Å². The monoisotopic (exact) mass is 283 g/mol. The van der Waals surface area contributed by atoms with Gasteiger partial charge in [0, 0.05) is 0 Å². The molecule has 2 aromatic rings. The second-order valence-electron chi connectivity index (χ2n) is 5.30. The quantitative estimate of drug-likeness (QED) is 0.672. The Morgan fingerprint density at radius 3 is 1.95 bits per heavy atom. The number of hydroxylamine groups is 1. The molecule has 0 aliphatic carbocycles. The van der Waals surface area contributed by atoms with Crippen LogP contribution in [0, 0.1) is 0 Å². The zero-order chi connectivity index (χ0) is 14.9. The van der Waals surface area contributed by atoms with Crippen LogP contribution in [0.3, 0.4) is 0 Å². The molecule has 112 valence electrons. The van der Waals surface area contributed by atoms with E-state index in [2.05, 4.69) is 67.9 Å². The molecule has 0 aliphatic rings. The minimum Gasteiger partial charge on any atom is -0.293 e. The fraction of sp³-hybridized carbons (Fsp3) is 0.368. The van der Waals surface area contributed by atoms with Crippen molar-refractivity contribution < 1.29 is 4.84 Å². The van der Waals surface area contributed by atoms with Crippen molar-refractivity contribution >= 4 is 0 Å². The standard InChI is InChI=1S/C19H25NO/c1-3-11-19(17-14-9-6-10-15-17)21-20-18(4-2)16-12-7-5-8-13-16/h5-10,12-15,18-20H,3-4,11H2,1-2H3/t18-,19-/m0/s1. The second-order valence-corrected chi connectivity index (χ2v) is 5.30. The maximum absolute atomic E-state index is 6.03. The molecule has 2 atom stereocenters. The van der Waals surface area contributed by atoms with Crippen LogP contribution in [-0.4, -0.2) is 0 Å². The molecule has 21 heavy (non-hydrogen) atoms. The first-order chi connectivity index (χ1) is 10.3. The summed E-state index contributed by atoms with van der Waals surface area (Å²) in [5.41, 5.74) is 5.77. The van der Waals surface area contributed by atoms with Crippen molar-refractivity contribution in [2.24, 2.45) is 0 Å². The molecule has 0 radical (unpaired) electrons. The van der Waals surface area contributed by atoms with Gasteiger partial charge in [0.1, 0.15) is 6.10 Å². The summed E-state index contributed by atoms with van der Waals surface area (Å²) in [7, 11) is 0. The molecular formula is C19H25NO. The summed E-state index contributed by atoms with van der Waals surface area (Å²) >= 11 is 0. The van der Waals surface area contributed by atoms with Gasteiger partial charge in [0.2, 0.25) is 0 Å². The van der Waals surface area contributed by atoms with Gasteiger partial charge in [0.05, 0.1) is 6.04 Å². The van der Waals surface area contributed by atoms with Gasteiger partial charge < -0.3 is 0 Å². The molecule has 0 fully saturated rings. The van der Waals surface area contributed by atoms with E-state index in [0.29, 0.717) is 0 Å². The first-order valence-corrected chi connectivity index (χ1v) is 7.86. The average Bonchev–Trinajstić information content (AvgIpc) is 2.56. The van der Waals surface area contributed by atoms with Crippen molar-refractivity contribution in [2.45, 2.75) is 45.3 Å². The van der Waals surface area contributed by atoms with Crippen LogP contribution in [0.5, 0.6) is 0 Å². The minimum atomic E-state index is 0.106. The van der Waals surface area contributed by atoms with E-state index in [1.165, 1.54) is 11.1 Å². The summed E-state index contributed by atoms with van der Waals surface area (Å²) in [6.07, 6.45) is 3.22. The predicted octanol–water partition coefficient (Wildman–Crippen LogP) is 5.20. The van der Waals surface area contributed by atoms with Gasteiger partial charge in [-0.15, -0.1) is 0 Å². The molecule has 2 aromatic carbocycles. The summed E-state index contributed by atoms with van der Waals surface area (Å²) in [5.74, 6) is 0. The lowest BCUT2D eigenvalue weighted by Crippen LogP contribution is -2.24. The Hall–Kier alpha value is -1.64. The van der Waals surface area contributed by atoms with Crippen LogP contribution in [0.25, 0.3) is 0 Å². The third-order valence-corrected chi connectivity index (χ3v) is 3.68. The van der Waals surface area contributed by atoms with E-state index in [4.69, 9.17) is 4.84 Å². The highest BCUT2D eigenvalue weighted by Crippen LogP contribution is 2.24. The summed E-state index contributed by atoms with van der Waals surface area (Å²) < 4.78 is 0. The molecule has 0 aromatic heterocycles. The smallest absolute Gasteiger partial charge is 0.104 e. The van der Waals surface area contributed by atoms with Crippen LogP contribution in [0.4, 0.5) is 0 Å². The van der Waals surface area contributed by atoms with Crippen LogP contribution in [0.2, 0.25) is 0 Å². The molecule has 2 rings (SSSR count). The van der Waals surface area contributed by atoms with Gasteiger partial charge >= 0.3 is 0 Å². The van der Waals surface area contributed by atoms with Crippen molar-refractivity contribution in [2.75, 3.05) is 0 Å². The molecule has 0 saturated heterocycles. The van der Waals surface area contributed by atoms with E-state index < -0.39 is 0 Å². The predicted molar refractivity (Wildman–Crippen MR) is 87.8 cm³/mol. The van der Waals surface area contributed by atoms with Gasteiger partial charge in [-0.3, -0.25) is 4.84 Å². The van der Waals surface area contributed by atoms with E-state index in [9.17, 15) is 0 Å². The zero-order valence-electron chi connectivity index (χ0n) is 13.0. The molecule has 1 N–H and O–H groups in total. The fourth-order valence-corrected chi connectivity index (χ4v) is 2.46. The van der Waals surface area contributed by atoms with E-state index >= 15 is 0 Å². The van der Waals surface area contributed by atoms with Crippen LogP contribution in [0.15, 0.2) is 60.7 Å². The van der Waals surface area contributed by atoms with Gasteiger partial charge in [-0.1, -0.05) is 80.9 Å². The molecule has 0 spiro atoms. The Labute approximate surface area is 128 Å². The lowest BCUT2D eigenvalue weighted by atomic mass is 10.0. The topological polar surface area (TPSA) is 21.3 Å². The Balaban J connectivity index is 2.01. The van der Waals surface area contributed by atoms with Crippen molar-refractivity contribution in [3.8, 4) is 0 Å². The fourth-order valence-electron chi connectivity index (χ4n) is 2.46. The van der Waals surface area contributed by atoms with Gasteiger partial charge in [0.15, 0.2) is 0 Å². The number of hydrogen-bond donors (Lipinski definition) is 1. The second kappa shape index (κ2) is 8.60. The summed E-state index contributed by atoms with van der Waals surface area (Å²) in [6, 6.07) is 21.1. The SMILES string of the molecule is CCC[C@H](ON[C@@H](CC)c1ccccc1)c1ccccc1. The first-order valence-electron chi connectivity index (χ1n) is 7.86. The first kappa shape index (κ1) is 15.7. The largest absolute Gasteiger partial charge is 0.293 e. The van der Waals surface area contributed by atoms with Gasteiger partial charge in [-0.2, -0.15) is 5.48 Å². The summed E-state index contributed by atoms with van der Waals surface area (Å²) in [5, 5.41) is 0. The summed E-state index contributed by atoms with van der Waals surface area (Å²) in [4.78, 5) is 6.03. The molecule has 0 bridgehead atoms. The molecule has 2 nitrogen and oxygen atoms in total. The molecule has 0 unspecified atom stereocenters. The molecule has 0 aliphatic heterocycles. The highest BCUT2D eigenvalue weighted by Gasteiger charge is 2.14. The minimum absolute atomic E-state index is 0.106. The third-order valence-electron chi connectivity index (χ3n) is 3.68. The number of hydrogen-bond acceptors (Lipinski definition) is 2. The Morgan fingerprint density at radius 1 is 0.857 bits per heavy atom. The third kappa shape index (κ3) is 4.69. The molecule has 0 heterocycles. The molecule has 0 saturated carbocycles. The van der Waals surface area contributed by atoms with Crippen molar-refractivity contribution in [3.63, 3.8) is 0 Å². The van der Waals surface area contributed by atoms with E-state index in [0.717, 1.165) is 19.3 Å². The number of nitrogens with one attached hydrogen (secondary N) is 1. The number of rotatable bonds is 8. The average molecular weight is 283 g/mol. The van der Waals surface area contributed by atoms with Crippen molar-refractivity contribution in [3.05, 3.63) is 71.8 Å². The Kier molecular flexibility index (Phi) is 6.45. The van der Waals surface area contributed by atoms with Crippen LogP contribution in [-0.2, 0) is 4.84 Å². The van der Waals surface area contributed by atoms with Crippen LogP contribution < -0.4 is 5.48 Å². The van der Waals surface area contributed by atoms with Gasteiger partial charge in [-0.25, -0.2) is 0 Å². The molecule has 2 heteroatoms. The lowest BCUT2D eigenvalue weighted by Gasteiger charge is -2.23. The normalized spacial score (nSPS) is 13.8. The van der Waals surface area contributed by atoms with Crippen molar-refractivity contribution in [1.29, 1.82) is 0 Å². The summed E-state index contributed by atoms with van der Waals surface area (Å²) in [6.45, 7) is 4.36. The van der Waals surface area contributed by atoms with E-state index in [-0.39, 0.29) is 12.1 Å². The number of benzene rings is 2. The lowest BCUT2D eigenvalue weighted by molar-refractivity contribution is -0.0514. The van der Waals surface area contributed by atoms with Crippen LogP contribution >= 0.6 is 0 Å². The van der Waals surface area contributed by atoms with Gasteiger partial charge in [0.25, 0.3) is 0 Å². The Morgan fingerprint density at radius 2 is 1.43 bits per heavy atom. The maximum atomic E-state index is 6.03. The molecule has 0 amide bonds. The van der Waals surface area contributed by atoms with Gasteiger partial charge in [-0.05, 0) is 24.0 Å². The highest BCUT2D eigenvalue weighted by molar-refractivity contribution is 5.19. The van der Waals surface area contributed by atoms with Crippen LogP contribution in [0.1, 0.15) is 56.4 Å². The van der Waals surface area contributed by atoms with E-state index in [1.54, 1.807) is 0 Å². The Bertz CT molecular complexity index is 497. The highest BCUT2D eigenvalue weighted by atomic mass is 16.7.